The van der Waals surface area contributed by atoms with Crippen molar-refractivity contribution in [2.24, 2.45) is 0 Å². The van der Waals surface area contributed by atoms with Gasteiger partial charge in [-0.05, 0) is 109 Å². The van der Waals surface area contributed by atoms with Crippen molar-refractivity contribution in [1.29, 1.82) is 0 Å². The summed E-state index contributed by atoms with van der Waals surface area (Å²) in [6.45, 7) is 0. The van der Waals surface area contributed by atoms with Gasteiger partial charge in [-0.2, -0.15) is 0 Å². The lowest BCUT2D eigenvalue weighted by atomic mass is 9.89. The molecule has 0 bridgehead atoms. The van der Waals surface area contributed by atoms with Crippen LogP contribution in [0.5, 0.6) is 0 Å². The van der Waals surface area contributed by atoms with E-state index in [-0.39, 0.29) is 0 Å². The molecule has 0 spiro atoms. The van der Waals surface area contributed by atoms with E-state index in [1.54, 1.807) is 0 Å². The molecule has 0 saturated carbocycles. The summed E-state index contributed by atoms with van der Waals surface area (Å²) in [5.74, 6) is 0. The van der Waals surface area contributed by atoms with Crippen LogP contribution >= 0.6 is 0 Å². The van der Waals surface area contributed by atoms with Gasteiger partial charge in [0.2, 0.25) is 0 Å². The van der Waals surface area contributed by atoms with Crippen molar-refractivity contribution < 1.29 is 4.42 Å². The Morgan fingerprint density at radius 2 is 0.652 bits per heavy atom. The third-order valence-electron chi connectivity index (χ3n) is 12.9. The van der Waals surface area contributed by atoms with Crippen LogP contribution in [0.2, 0.25) is 0 Å². The highest BCUT2D eigenvalue weighted by Crippen LogP contribution is 2.43. The molecule has 0 N–H and O–H groups in total. The smallest absolute Gasteiger partial charge is 0.143 e. The maximum absolute atomic E-state index is 6.81. The summed E-state index contributed by atoms with van der Waals surface area (Å²) in [5, 5.41) is 4.71. The van der Waals surface area contributed by atoms with Crippen LogP contribution in [0.1, 0.15) is 0 Å². The Bertz CT molecular complexity index is 3660. The molecule has 66 heavy (non-hydrogen) atoms. The zero-order chi connectivity index (χ0) is 43.8. The molecule has 0 atom stereocenters. The quantitative estimate of drug-likeness (QED) is 0.144. The van der Waals surface area contributed by atoms with Crippen molar-refractivity contribution in [1.82, 2.24) is 0 Å². The molecule has 1 heterocycles. The average Bonchev–Trinajstić information content (AvgIpc) is 3.79. The van der Waals surface area contributed by atoms with Crippen LogP contribution in [0.3, 0.4) is 0 Å². The van der Waals surface area contributed by atoms with Gasteiger partial charge in [-0.15, -0.1) is 0 Å². The van der Waals surface area contributed by atoms with Crippen LogP contribution in [0, 0.1) is 0 Å². The van der Waals surface area contributed by atoms with Gasteiger partial charge in [0.05, 0.1) is 0 Å². The Hall–Kier alpha value is -8.72. The Morgan fingerprint density at radius 3 is 1.30 bits per heavy atom. The first-order chi connectivity index (χ1) is 32.7. The second-order valence-electron chi connectivity index (χ2n) is 16.8. The Balaban J connectivity index is 0.946. The Morgan fingerprint density at radius 1 is 0.227 bits per heavy atom. The minimum Gasteiger partial charge on any atom is -0.455 e. The number of furan rings is 1. The summed E-state index contributed by atoms with van der Waals surface area (Å²) in [7, 11) is 0. The van der Waals surface area contributed by atoms with Crippen molar-refractivity contribution in [2.75, 3.05) is 4.90 Å². The monoisotopic (exact) mass is 841 g/mol. The highest BCUT2D eigenvalue weighted by atomic mass is 16.3. The van der Waals surface area contributed by atoms with E-state index in [9.17, 15) is 0 Å². The number of rotatable bonds is 9. The minimum atomic E-state index is 0.895. The van der Waals surface area contributed by atoms with Crippen molar-refractivity contribution in [3.05, 3.63) is 261 Å². The van der Waals surface area contributed by atoms with Gasteiger partial charge in [0.1, 0.15) is 11.2 Å². The van der Waals surface area contributed by atoms with Crippen LogP contribution in [-0.4, -0.2) is 0 Å². The highest BCUT2D eigenvalue weighted by molar-refractivity contribution is 6.13. The van der Waals surface area contributed by atoms with Gasteiger partial charge in [0.15, 0.2) is 0 Å². The highest BCUT2D eigenvalue weighted by Gasteiger charge is 2.19. The maximum atomic E-state index is 6.81. The van der Waals surface area contributed by atoms with Gasteiger partial charge in [-0.1, -0.05) is 218 Å². The van der Waals surface area contributed by atoms with Crippen molar-refractivity contribution in [3.63, 3.8) is 0 Å². The lowest BCUT2D eigenvalue weighted by Crippen LogP contribution is -2.10. The SMILES string of the molecule is c1ccc(-c2cccc(N(c3ccc(-c4ccc(-c5ccccc5)c(-c5cccc6ccccc56)c4)cc3)c3ccc(-c4cccc5c4oc4c(-c6ccccc6)cccc45)cc3)c2)cc1. The predicted molar refractivity (Wildman–Crippen MR) is 279 cm³/mol. The first-order valence-corrected chi connectivity index (χ1v) is 22.6. The molecule has 2 nitrogen and oxygen atoms in total. The average molecular weight is 842 g/mol. The maximum Gasteiger partial charge on any atom is 0.143 e. The van der Waals surface area contributed by atoms with Crippen LogP contribution in [0.15, 0.2) is 265 Å². The molecule has 12 rings (SSSR count). The summed E-state index contributed by atoms with van der Waals surface area (Å²) in [6.07, 6.45) is 0. The molecular weight excluding hydrogens is 799 g/mol. The third-order valence-corrected chi connectivity index (χ3v) is 12.9. The Labute approximate surface area is 384 Å². The second kappa shape index (κ2) is 16.8. The molecule has 1 aromatic heterocycles. The summed E-state index contributed by atoms with van der Waals surface area (Å²) in [6, 6.07) is 93.7. The number of hydrogen-bond donors (Lipinski definition) is 0. The topological polar surface area (TPSA) is 16.4 Å². The number of para-hydroxylation sites is 2. The molecule has 0 aliphatic rings. The molecule has 0 aliphatic carbocycles. The molecule has 12 aromatic rings. The zero-order valence-corrected chi connectivity index (χ0v) is 36.2. The first kappa shape index (κ1) is 38.9. The second-order valence-corrected chi connectivity index (χ2v) is 16.8. The molecule has 0 radical (unpaired) electrons. The van der Waals surface area contributed by atoms with E-state index in [4.69, 9.17) is 4.42 Å². The standard InChI is InChI=1S/C64H43NO/c1-4-16-44(17-5-1)50-24-12-25-54(42-50)65(53-39-34-49(35-40-53)58-28-15-31-61-60-30-14-27-57(63(60)66-64(58)61)48-20-8-3-9-21-48)52-37-32-45(33-38-52)51-36-41-56(46-18-6-2-7-19-46)62(43-51)59-29-13-23-47-22-10-11-26-55(47)59/h1-43H. The molecule has 11 aromatic carbocycles. The van der Waals surface area contributed by atoms with Crippen LogP contribution in [0.4, 0.5) is 17.1 Å². The van der Waals surface area contributed by atoms with Gasteiger partial charge in [-0.3, -0.25) is 0 Å². The molecule has 0 aliphatic heterocycles. The normalized spacial score (nSPS) is 11.3. The van der Waals surface area contributed by atoms with E-state index in [0.717, 1.165) is 72.4 Å². The fraction of sp³-hybridized carbons (Fsp3) is 0. The zero-order valence-electron chi connectivity index (χ0n) is 36.2. The molecule has 2 heteroatoms. The molecule has 0 fully saturated rings. The molecular formula is C64H43NO. The third kappa shape index (κ3) is 7.12. The van der Waals surface area contributed by atoms with Gasteiger partial charge < -0.3 is 9.32 Å². The van der Waals surface area contributed by atoms with E-state index in [0.29, 0.717) is 0 Å². The predicted octanol–water partition coefficient (Wildman–Crippen LogP) is 18.2. The van der Waals surface area contributed by atoms with E-state index in [1.807, 2.05) is 0 Å². The van der Waals surface area contributed by atoms with Crippen LogP contribution in [-0.2, 0) is 0 Å². The number of benzene rings is 11. The van der Waals surface area contributed by atoms with Crippen LogP contribution < -0.4 is 4.90 Å². The van der Waals surface area contributed by atoms with Crippen molar-refractivity contribution in [3.8, 4) is 66.8 Å². The number of fused-ring (bicyclic) bond motifs is 4. The number of anilines is 3. The number of hydrogen-bond acceptors (Lipinski definition) is 2. The lowest BCUT2D eigenvalue weighted by molar-refractivity contribution is 0.671. The van der Waals surface area contributed by atoms with Crippen LogP contribution in [0.25, 0.3) is 99.5 Å². The summed E-state index contributed by atoms with van der Waals surface area (Å²) >= 11 is 0. The summed E-state index contributed by atoms with van der Waals surface area (Å²) in [5.41, 5.74) is 18.9. The Kier molecular flexibility index (Phi) is 9.89. The summed E-state index contributed by atoms with van der Waals surface area (Å²) < 4.78 is 6.81. The van der Waals surface area contributed by atoms with Gasteiger partial charge in [0, 0.05) is 39.0 Å². The number of nitrogens with zero attached hydrogens (tertiary/aromatic N) is 1. The van der Waals surface area contributed by atoms with Gasteiger partial charge >= 0.3 is 0 Å². The van der Waals surface area contributed by atoms with E-state index in [1.165, 1.54) is 44.2 Å². The van der Waals surface area contributed by atoms with E-state index >= 15 is 0 Å². The summed E-state index contributed by atoms with van der Waals surface area (Å²) in [4.78, 5) is 2.36. The van der Waals surface area contributed by atoms with Crippen molar-refractivity contribution in [2.45, 2.75) is 0 Å². The molecule has 310 valence electrons. The molecule has 0 saturated heterocycles. The van der Waals surface area contributed by atoms with Crippen molar-refractivity contribution >= 4 is 49.8 Å². The lowest BCUT2D eigenvalue weighted by Gasteiger charge is -2.26. The van der Waals surface area contributed by atoms with Gasteiger partial charge in [-0.25, -0.2) is 0 Å². The largest absolute Gasteiger partial charge is 0.455 e. The van der Waals surface area contributed by atoms with Gasteiger partial charge in [0.25, 0.3) is 0 Å². The molecule has 0 amide bonds. The van der Waals surface area contributed by atoms with E-state index < -0.39 is 0 Å². The fourth-order valence-electron chi connectivity index (χ4n) is 9.66. The first-order valence-electron chi connectivity index (χ1n) is 22.6. The minimum absolute atomic E-state index is 0.895. The van der Waals surface area contributed by atoms with E-state index in [2.05, 4.69) is 266 Å². The molecule has 0 unspecified atom stereocenters. The fourth-order valence-corrected chi connectivity index (χ4v) is 9.66.